The molecule has 9 heteroatoms. The molecule has 1 unspecified atom stereocenters. The Hall–Kier alpha value is -2.23. The van der Waals surface area contributed by atoms with Gasteiger partial charge in [-0.25, -0.2) is 0 Å². The monoisotopic (exact) mass is 448 g/mol. The van der Waals surface area contributed by atoms with Gasteiger partial charge in [0.25, 0.3) is 0 Å². The Kier molecular flexibility index (Phi) is 8.62. The molecule has 1 aromatic carbocycles. The lowest BCUT2D eigenvalue weighted by molar-refractivity contribution is 0.129. The molecule has 1 fully saturated rings. The van der Waals surface area contributed by atoms with Crippen molar-refractivity contribution in [3.05, 3.63) is 36.2 Å². The highest BCUT2D eigenvalue weighted by Crippen LogP contribution is 2.40. The van der Waals surface area contributed by atoms with Gasteiger partial charge in [-0.3, -0.25) is 4.90 Å². The van der Waals surface area contributed by atoms with Crippen LogP contribution in [0, 0.1) is 0 Å². The Labute approximate surface area is 188 Å². The third-order valence-corrected chi connectivity index (χ3v) is 6.26. The molecule has 1 aliphatic heterocycles. The molecule has 0 N–H and O–H groups in total. The van der Waals surface area contributed by atoms with Crippen molar-refractivity contribution in [3.63, 3.8) is 0 Å². The van der Waals surface area contributed by atoms with Gasteiger partial charge in [-0.05, 0) is 26.0 Å². The Morgan fingerprint density at radius 1 is 1.19 bits per heavy atom. The molecule has 1 atom stereocenters. The van der Waals surface area contributed by atoms with Crippen LogP contribution in [0.3, 0.4) is 0 Å². The second-order valence-corrected chi connectivity index (χ2v) is 8.40. The summed E-state index contributed by atoms with van der Waals surface area (Å²) in [6, 6.07) is 3.89. The van der Waals surface area contributed by atoms with E-state index in [-0.39, 0.29) is 0 Å². The van der Waals surface area contributed by atoms with E-state index in [0.717, 1.165) is 41.7 Å². The molecule has 0 spiro atoms. The molecule has 8 nitrogen and oxygen atoms in total. The number of aromatic nitrogens is 3. The first-order valence-corrected chi connectivity index (χ1v) is 11.3. The van der Waals surface area contributed by atoms with E-state index in [4.69, 9.17) is 18.9 Å². The van der Waals surface area contributed by atoms with Gasteiger partial charge in [-0.2, -0.15) is 0 Å². The average Bonchev–Trinajstić information content (AvgIpc) is 3.42. The minimum absolute atomic E-state index is 0.308. The summed E-state index contributed by atoms with van der Waals surface area (Å²) in [6.07, 6.45) is 4.44. The Morgan fingerprint density at radius 2 is 2.00 bits per heavy atom. The third kappa shape index (κ3) is 5.72. The molecule has 0 saturated carbocycles. The highest BCUT2D eigenvalue weighted by molar-refractivity contribution is 7.99. The van der Waals surface area contributed by atoms with Crippen LogP contribution in [0.1, 0.15) is 24.2 Å². The van der Waals surface area contributed by atoms with Crippen molar-refractivity contribution in [2.75, 3.05) is 40.7 Å². The summed E-state index contributed by atoms with van der Waals surface area (Å²) in [6.45, 7) is 6.72. The second kappa shape index (κ2) is 11.4. The van der Waals surface area contributed by atoms with E-state index in [2.05, 4.69) is 26.2 Å². The zero-order valence-corrected chi connectivity index (χ0v) is 19.6. The fourth-order valence-electron chi connectivity index (χ4n) is 3.67. The molecule has 0 radical (unpaired) electrons. The number of methoxy groups -OCH3 is 3. The molecule has 0 amide bonds. The molecule has 2 aromatic rings. The molecule has 1 aliphatic rings. The van der Waals surface area contributed by atoms with Gasteiger partial charge in [0.2, 0.25) is 5.75 Å². The van der Waals surface area contributed by atoms with Crippen molar-refractivity contribution in [3.8, 4) is 17.2 Å². The van der Waals surface area contributed by atoms with E-state index in [1.807, 2.05) is 25.3 Å². The minimum atomic E-state index is 0.308. The number of allylic oxidation sites excluding steroid dienone is 1. The maximum atomic E-state index is 5.73. The van der Waals surface area contributed by atoms with Crippen molar-refractivity contribution in [1.82, 2.24) is 19.7 Å². The molecule has 1 saturated heterocycles. The van der Waals surface area contributed by atoms with Crippen LogP contribution in [0.5, 0.6) is 17.2 Å². The predicted molar refractivity (Wildman–Crippen MR) is 121 cm³/mol. The fourth-order valence-corrected chi connectivity index (χ4v) is 4.71. The summed E-state index contributed by atoms with van der Waals surface area (Å²) in [5, 5.41) is 9.78. The van der Waals surface area contributed by atoms with Crippen LogP contribution >= 0.6 is 11.8 Å². The molecule has 170 valence electrons. The van der Waals surface area contributed by atoms with Crippen LogP contribution in [0.25, 0.3) is 0 Å². The highest BCUT2D eigenvalue weighted by Gasteiger charge is 2.20. The maximum Gasteiger partial charge on any atom is 0.203 e. The summed E-state index contributed by atoms with van der Waals surface area (Å²) in [7, 11) is 6.91. The van der Waals surface area contributed by atoms with E-state index in [9.17, 15) is 0 Å². The minimum Gasteiger partial charge on any atom is -0.493 e. The van der Waals surface area contributed by atoms with Gasteiger partial charge in [-0.1, -0.05) is 23.9 Å². The third-order valence-electron chi connectivity index (χ3n) is 5.16. The number of thioether (sulfide) groups is 1. The van der Waals surface area contributed by atoms with E-state index >= 15 is 0 Å². The fraction of sp³-hybridized carbons (Fsp3) is 0.545. The lowest BCUT2D eigenvalue weighted by Gasteiger charge is -2.20. The first-order chi connectivity index (χ1) is 15.1. The van der Waals surface area contributed by atoms with E-state index in [1.54, 1.807) is 33.1 Å². The first-order valence-electron chi connectivity index (χ1n) is 10.3. The molecular formula is C22H32N4O4S. The lowest BCUT2D eigenvalue weighted by Crippen LogP contribution is -2.21. The van der Waals surface area contributed by atoms with Crippen LogP contribution < -0.4 is 14.2 Å². The smallest absolute Gasteiger partial charge is 0.203 e. The number of ether oxygens (including phenoxy) is 4. The Morgan fingerprint density at radius 3 is 2.65 bits per heavy atom. The Balaban J connectivity index is 1.71. The summed E-state index contributed by atoms with van der Waals surface area (Å²) >= 11 is 1.70. The van der Waals surface area contributed by atoms with Gasteiger partial charge < -0.3 is 23.5 Å². The normalized spacial score (nSPS) is 16.0. The van der Waals surface area contributed by atoms with E-state index in [1.165, 1.54) is 0 Å². The average molecular weight is 449 g/mol. The number of hydrogen-bond acceptors (Lipinski definition) is 8. The first kappa shape index (κ1) is 23.4. The summed E-state index contributed by atoms with van der Waals surface area (Å²) in [5.74, 6) is 3.71. The van der Waals surface area contributed by atoms with Gasteiger partial charge >= 0.3 is 0 Å². The number of nitrogens with zero attached hydrogens (tertiary/aromatic N) is 4. The summed E-state index contributed by atoms with van der Waals surface area (Å²) in [5.41, 5.74) is 1.01. The largest absolute Gasteiger partial charge is 0.493 e. The van der Waals surface area contributed by atoms with Crippen LogP contribution in [-0.2, 0) is 24.4 Å². The Bertz CT molecular complexity index is 867. The molecule has 0 aliphatic carbocycles. The molecule has 0 bridgehead atoms. The van der Waals surface area contributed by atoms with Crippen molar-refractivity contribution < 1.29 is 18.9 Å². The molecule has 2 heterocycles. The van der Waals surface area contributed by atoms with Gasteiger partial charge in [0.05, 0.1) is 34.0 Å². The number of hydrogen-bond donors (Lipinski definition) is 0. The topological polar surface area (TPSA) is 70.9 Å². The quantitative estimate of drug-likeness (QED) is 0.361. The van der Waals surface area contributed by atoms with Gasteiger partial charge in [-0.15, -0.1) is 16.8 Å². The molecule has 3 rings (SSSR count). The highest BCUT2D eigenvalue weighted by atomic mass is 32.2. The number of rotatable bonds is 12. The summed E-state index contributed by atoms with van der Waals surface area (Å²) in [4.78, 5) is 2.17. The molecular weight excluding hydrogens is 416 g/mol. The van der Waals surface area contributed by atoms with Gasteiger partial charge in [0.1, 0.15) is 5.82 Å². The maximum absolute atomic E-state index is 5.73. The van der Waals surface area contributed by atoms with E-state index < -0.39 is 0 Å². The lowest BCUT2D eigenvalue weighted by atomic mass is 10.1. The van der Waals surface area contributed by atoms with Gasteiger partial charge in [0.15, 0.2) is 16.7 Å². The SMILES string of the molecule is C=CCn1c(CN(C)Cc2ccc(OC)c(OC)c2OC)nnc1SCC1CCCO1. The van der Waals surface area contributed by atoms with Crippen LogP contribution in [0.4, 0.5) is 0 Å². The number of benzene rings is 1. The predicted octanol–water partition coefficient (Wildman–Crippen LogP) is 3.39. The zero-order valence-electron chi connectivity index (χ0n) is 18.8. The molecule has 31 heavy (non-hydrogen) atoms. The van der Waals surface area contributed by atoms with Crippen molar-refractivity contribution in [2.45, 2.75) is 43.7 Å². The van der Waals surface area contributed by atoms with Crippen LogP contribution in [0.2, 0.25) is 0 Å². The van der Waals surface area contributed by atoms with Gasteiger partial charge in [0, 0.05) is 31.0 Å². The summed E-state index contributed by atoms with van der Waals surface area (Å²) < 4.78 is 24.3. The van der Waals surface area contributed by atoms with Crippen LogP contribution in [0.15, 0.2) is 29.9 Å². The van der Waals surface area contributed by atoms with Crippen molar-refractivity contribution >= 4 is 11.8 Å². The second-order valence-electron chi connectivity index (χ2n) is 7.41. The standard InChI is InChI=1S/C22H32N4O4S/c1-6-11-26-19(23-24-22(26)31-15-17-8-7-12-30-17)14-25(2)13-16-9-10-18(27-3)21(29-5)20(16)28-4/h6,9-10,17H,1,7-8,11-15H2,2-5H3. The zero-order chi connectivity index (χ0) is 22.2. The van der Waals surface area contributed by atoms with E-state index in [0.29, 0.717) is 43.0 Å². The van der Waals surface area contributed by atoms with Crippen LogP contribution in [-0.4, -0.2) is 66.5 Å². The molecule has 1 aromatic heterocycles. The van der Waals surface area contributed by atoms with Crippen molar-refractivity contribution in [1.29, 1.82) is 0 Å². The van der Waals surface area contributed by atoms with Crippen molar-refractivity contribution in [2.24, 2.45) is 0 Å².